The summed E-state index contributed by atoms with van der Waals surface area (Å²) in [4.78, 5) is 0. The number of ether oxygens (including phenoxy) is 1. The van der Waals surface area contributed by atoms with E-state index < -0.39 is 6.10 Å². The molecule has 0 radical (unpaired) electrons. The topological polar surface area (TPSA) is 55.5 Å². The van der Waals surface area contributed by atoms with E-state index in [1.807, 2.05) is 24.3 Å². The molecule has 17 heavy (non-hydrogen) atoms. The van der Waals surface area contributed by atoms with Crippen LogP contribution in [0.15, 0.2) is 24.3 Å². The molecule has 0 aliphatic carbocycles. The predicted molar refractivity (Wildman–Crippen MR) is 70.1 cm³/mol. The van der Waals surface area contributed by atoms with Crippen molar-refractivity contribution >= 4 is 0 Å². The third-order valence-corrected chi connectivity index (χ3v) is 2.84. The van der Waals surface area contributed by atoms with E-state index >= 15 is 0 Å². The molecular formula is C14H23NO2. The maximum Gasteiger partial charge on any atom is 0.118 e. The number of rotatable bonds is 6. The smallest absolute Gasteiger partial charge is 0.118 e. The summed E-state index contributed by atoms with van der Waals surface area (Å²) >= 11 is 0. The van der Waals surface area contributed by atoms with Crippen LogP contribution in [0.25, 0.3) is 0 Å². The Balaban J connectivity index is 2.51. The van der Waals surface area contributed by atoms with Crippen molar-refractivity contribution in [3.8, 4) is 5.75 Å². The van der Waals surface area contributed by atoms with Gasteiger partial charge < -0.3 is 15.6 Å². The third-order valence-electron chi connectivity index (χ3n) is 2.84. The number of aliphatic hydroxyl groups is 1. The average Bonchev–Trinajstić information content (AvgIpc) is 2.29. The van der Waals surface area contributed by atoms with E-state index in [1.54, 1.807) is 7.11 Å². The Bertz CT molecular complexity index is 321. The molecule has 0 saturated carbocycles. The van der Waals surface area contributed by atoms with Gasteiger partial charge in [-0.3, -0.25) is 0 Å². The molecule has 0 bridgehead atoms. The van der Waals surface area contributed by atoms with Crippen molar-refractivity contribution in [3.05, 3.63) is 29.8 Å². The van der Waals surface area contributed by atoms with Gasteiger partial charge in [0.25, 0.3) is 0 Å². The van der Waals surface area contributed by atoms with Crippen LogP contribution in [0.5, 0.6) is 5.75 Å². The minimum atomic E-state index is -0.433. The molecule has 3 N–H and O–H groups in total. The van der Waals surface area contributed by atoms with Crippen molar-refractivity contribution in [1.82, 2.24) is 0 Å². The molecule has 3 heteroatoms. The zero-order chi connectivity index (χ0) is 12.8. The summed E-state index contributed by atoms with van der Waals surface area (Å²) < 4.78 is 5.09. The SMILES string of the molecule is COc1ccc(CC(N)C(O)CC(C)C)cc1. The number of aliphatic hydroxyl groups excluding tert-OH is 1. The van der Waals surface area contributed by atoms with Crippen LogP contribution in [0.2, 0.25) is 0 Å². The normalized spacial score (nSPS) is 14.7. The Morgan fingerprint density at radius 3 is 2.29 bits per heavy atom. The van der Waals surface area contributed by atoms with Gasteiger partial charge in [0, 0.05) is 6.04 Å². The van der Waals surface area contributed by atoms with E-state index in [1.165, 1.54) is 0 Å². The van der Waals surface area contributed by atoms with Gasteiger partial charge in [0.2, 0.25) is 0 Å². The number of methoxy groups -OCH3 is 1. The van der Waals surface area contributed by atoms with Crippen LogP contribution < -0.4 is 10.5 Å². The summed E-state index contributed by atoms with van der Waals surface area (Å²) in [5.74, 6) is 1.30. The van der Waals surface area contributed by atoms with Gasteiger partial charge in [-0.15, -0.1) is 0 Å². The first-order valence-corrected chi connectivity index (χ1v) is 6.09. The molecule has 0 aliphatic rings. The van der Waals surface area contributed by atoms with Gasteiger partial charge in [-0.1, -0.05) is 26.0 Å². The first-order chi connectivity index (χ1) is 8.02. The molecule has 1 aromatic rings. The largest absolute Gasteiger partial charge is 0.497 e. The van der Waals surface area contributed by atoms with Gasteiger partial charge in [-0.05, 0) is 36.5 Å². The van der Waals surface area contributed by atoms with E-state index in [2.05, 4.69) is 13.8 Å². The lowest BCUT2D eigenvalue weighted by atomic mass is 9.96. The summed E-state index contributed by atoms with van der Waals surface area (Å²) in [6.45, 7) is 4.17. The van der Waals surface area contributed by atoms with Crippen LogP contribution in [0.4, 0.5) is 0 Å². The highest BCUT2D eigenvalue weighted by Gasteiger charge is 2.16. The Hall–Kier alpha value is -1.06. The molecule has 0 saturated heterocycles. The van der Waals surface area contributed by atoms with Crippen molar-refractivity contribution in [2.75, 3.05) is 7.11 Å². The average molecular weight is 237 g/mol. The summed E-state index contributed by atoms with van der Waals surface area (Å²) in [5, 5.41) is 9.90. The molecule has 2 atom stereocenters. The quantitative estimate of drug-likeness (QED) is 0.795. The molecular weight excluding hydrogens is 214 g/mol. The number of nitrogens with two attached hydrogens (primary N) is 1. The van der Waals surface area contributed by atoms with Crippen LogP contribution in [0, 0.1) is 5.92 Å². The lowest BCUT2D eigenvalue weighted by Crippen LogP contribution is -2.37. The fourth-order valence-corrected chi connectivity index (χ4v) is 1.83. The highest BCUT2D eigenvalue weighted by molar-refractivity contribution is 5.27. The molecule has 0 amide bonds. The molecule has 0 aromatic heterocycles. The van der Waals surface area contributed by atoms with Crippen LogP contribution >= 0.6 is 0 Å². The van der Waals surface area contributed by atoms with Gasteiger partial charge in [-0.25, -0.2) is 0 Å². The first-order valence-electron chi connectivity index (χ1n) is 6.09. The number of benzene rings is 1. The maximum atomic E-state index is 9.90. The van der Waals surface area contributed by atoms with Crippen LogP contribution in [0.3, 0.4) is 0 Å². The highest BCUT2D eigenvalue weighted by Crippen LogP contribution is 2.15. The summed E-state index contributed by atoms with van der Waals surface area (Å²) in [5.41, 5.74) is 7.11. The summed E-state index contributed by atoms with van der Waals surface area (Å²) in [6.07, 6.45) is 1.01. The van der Waals surface area contributed by atoms with Gasteiger partial charge in [-0.2, -0.15) is 0 Å². The van der Waals surface area contributed by atoms with E-state index in [0.717, 1.165) is 17.7 Å². The minimum Gasteiger partial charge on any atom is -0.497 e. The van der Waals surface area contributed by atoms with Crippen LogP contribution in [-0.2, 0) is 6.42 Å². The van der Waals surface area contributed by atoms with Crippen LogP contribution in [-0.4, -0.2) is 24.4 Å². The first kappa shape index (κ1) is 14.0. The Morgan fingerprint density at radius 1 is 1.24 bits per heavy atom. The molecule has 0 aliphatic heterocycles. The van der Waals surface area contributed by atoms with E-state index in [-0.39, 0.29) is 6.04 Å². The van der Waals surface area contributed by atoms with Gasteiger partial charge >= 0.3 is 0 Å². The molecule has 96 valence electrons. The lowest BCUT2D eigenvalue weighted by Gasteiger charge is -2.20. The van der Waals surface area contributed by atoms with Crippen molar-refractivity contribution in [3.63, 3.8) is 0 Å². The van der Waals surface area contributed by atoms with Gasteiger partial charge in [0.05, 0.1) is 13.2 Å². The van der Waals surface area contributed by atoms with Crippen LogP contribution in [0.1, 0.15) is 25.8 Å². The zero-order valence-corrected chi connectivity index (χ0v) is 10.9. The second-order valence-corrected chi connectivity index (χ2v) is 4.91. The van der Waals surface area contributed by atoms with E-state index in [9.17, 15) is 5.11 Å². The van der Waals surface area contributed by atoms with Crippen molar-refractivity contribution < 1.29 is 9.84 Å². The Labute approximate surface area is 104 Å². The van der Waals surface area contributed by atoms with Gasteiger partial charge in [0.15, 0.2) is 0 Å². The van der Waals surface area contributed by atoms with E-state index in [0.29, 0.717) is 12.3 Å². The van der Waals surface area contributed by atoms with Crippen molar-refractivity contribution in [2.24, 2.45) is 11.7 Å². The fraction of sp³-hybridized carbons (Fsp3) is 0.571. The second kappa shape index (κ2) is 6.62. The zero-order valence-electron chi connectivity index (χ0n) is 10.9. The second-order valence-electron chi connectivity index (χ2n) is 4.91. The van der Waals surface area contributed by atoms with Gasteiger partial charge in [0.1, 0.15) is 5.75 Å². The fourth-order valence-electron chi connectivity index (χ4n) is 1.83. The van der Waals surface area contributed by atoms with Crippen molar-refractivity contribution in [2.45, 2.75) is 38.8 Å². The predicted octanol–water partition coefficient (Wildman–Crippen LogP) is 1.97. The number of hydrogen-bond donors (Lipinski definition) is 2. The maximum absolute atomic E-state index is 9.90. The summed E-state index contributed by atoms with van der Waals surface area (Å²) in [7, 11) is 1.65. The molecule has 0 spiro atoms. The standard InChI is InChI=1S/C14H23NO2/c1-10(2)8-14(16)13(15)9-11-4-6-12(17-3)7-5-11/h4-7,10,13-14,16H,8-9,15H2,1-3H3. The Kier molecular flexibility index (Phi) is 5.45. The molecule has 1 rings (SSSR count). The number of hydrogen-bond acceptors (Lipinski definition) is 3. The molecule has 0 fully saturated rings. The highest BCUT2D eigenvalue weighted by atomic mass is 16.5. The minimum absolute atomic E-state index is 0.203. The van der Waals surface area contributed by atoms with E-state index in [4.69, 9.17) is 10.5 Å². The Morgan fingerprint density at radius 2 is 1.82 bits per heavy atom. The molecule has 0 heterocycles. The molecule has 3 nitrogen and oxygen atoms in total. The monoisotopic (exact) mass is 237 g/mol. The molecule has 1 aromatic carbocycles. The lowest BCUT2D eigenvalue weighted by molar-refractivity contribution is 0.120. The summed E-state index contributed by atoms with van der Waals surface area (Å²) in [6, 6.07) is 7.60. The van der Waals surface area contributed by atoms with Crippen molar-refractivity contribution in [1.29, 1.82) is 0 Å². The third kappa shape index (κ3) is 4.75. The molecule has 2 unspecified atom stereocenters.